The van der Waals surface area contributed by atoms with Crippen LogP contribution in [-0.4, -0.2) is 39.8 Å². The number of benzene rings is 3. The number of carbonyl (C=O) groups excluding carboxylic acids is 2. The summed E-state index contributed by atoms with van der Waals surface area (Å²) in [7, 11) is 1.35. The summed E-state index contributed by atoms with van der Waals surface area (Å²) < 4.78 is 21.8. The minimum absolute atomic E-state index is 0.00688. The normalized spacial score (nSPS) is 15.1. The van der Waals surface area contributed by atoms with Crippen LogP contribution in [0.2, 0.25) is 5.02 Å². The average Bonchev–Trinajstić information content (AvgIpc) is 3.48. The monoisotopic (exact) mass is 585 g/mol. The van der Waals surface area contributed by atoms with Crippen molar-refractivity contribution in [1.82, 2.24) is 4.90 Å². The van der Waals surface area contributed by atoms with E-state index in [1.54, 1.807) is 24.3 Å². The molecule has 2 heterocycles. The third kappa shape index (κ3) is 5.09. The molecule has 204 valence electrons. The standard InChI is InChI=1S/C25H16ClN3O10S/c1-36-19-4-2-3-13(23(19)39-18-6-5-15(28(32)33)9-17(18)29(34)35)8-22-24(30)27(25(31)40-22)11-14-7-20-21(10-16(14)26)38-12-37-20/h2-10H,11-12H2,1H3/b22-8+. The van der Waals surface area contributed by atoms with Crippen LogP contribution in [0.1, 0.15) is 11.1 Å². The molecular weight excluding hydrogens is 570 g/mol. The van der Waals surface area contributed by atoms with Crippen LogP contribution in [0.5, 0.6) is 28.7 Å². The second-order valence-electron chi connectivity index (χ2n) is 8.21. The van der Waals surface area contributed by atoms with Gasteiger partial charge in [-0.15, -0.1) is 0 Å². The highest BCUT2D eigenvalue weighted by Gasteiger charge is 2.36. The van der Waals surface area contributed by atoms with Crippen molar-refractivity contribution < 1.29 is 38.4 Å². The van der Waals surface area contributed by atoms with Crippen molar-refractivity contribution in [2.24, 2.45) is 0 Å². The minimum atomic E-state index is -0.815. The van der Waals surface area contributed by atoms with Gasteiger partial charge in [-0.3, -0.25) is 34.7 Å². The molecule has 1 fully saturated rings. The third-order valence-corrected chi connectivity index (χ3v) is 7.08. The number of methoxy groups -OCH3 is 1. The summed E-state index contributed by atoms with van der Waals surface area (Å²) in [5.41, 5.74) is -0.397. The second kappa shape index (κ2) is 10.7. The Kier molecular flexibility index (Phi) is 7.19. The number of fused-ring (bicyclic) bond motifs is 1. The summed E-state index contributed by atoms with van der Waals surface area (Å²) in [4.78, 5) is 48.2. The Labute approximate surface area is 234 Å². The second-order valence-corrected chi connectivity index (χ2v) is 9.61. The van der Waals surface area contributed by atoms with E-state index in [4.69, 9.17) is 30.5 Å². The Bertz CT molecular complexity index is 1630. The number of halogens is 1. The molecule has 3 aromatic carbocycles. The first-order valence-electron chi connectivity index (χ1n) is 11.3. The zero-order valence-corrected chi connectivity index (χ0v) is 21.9. The fraction of sp³-hybridized carbons (Fsp3) is 0.120. The summed E-state index contributed by atoms with van der Waals surface area (Å²) >= 11 is 7.01. The zero-order valence-electron chi connectivity index (χ0n) is 20.3. The molecule has 0 spiro atoms. The highest BCUT2D eigenvalue weighted by molar-refractivity contribution is 8.18. The quantitative estimate of drug-likeness (QED) is 0.175. The van der Waals surface area contributed by atoms with E-state index >= 15 is 0 Å². The van der Waals surface area contributed by atoms with Gasteiger partial charge in [0.2, 0.25) is 12.5 Å². The highest BCUT2D eigenvalue weighted by atomic mass is 35.5. The van der Waals surface area contributed by atoms with E-state index in [1.807, 2.05) is 0 Å². The molecule has 0 unspecified atom stereocenters. The van der Waals surface area contributed by atoms with Gasteiger partial charge in [-0.1, -0.05) is 23.7 Å². The van der Waals surface area contributed by atoms with Gasteiger partial charge in [-0.2, -0.15) is 0 Å². The van der Waals surface area contributed by atoms with Gasteiger partial charge in [-0.25, -0.2) is 0 Å². The molecule has 0 atom stereocenters. The van der Waals surface area contributed by atoms with Crippen LogP contribution in [-0.2, 0) is 11.3 Å². The van der Waals surface area contributed by atoms with Gasteiger partial charge in [0.25, 0.3) is 16.8 Å². The maximum Gasteiger partial charge on any atom is 0.318 e. The van der Waals surface area contributed by atoms with Gasteiger partial charge in [0, 0.05) is 22.7 Å². The Morgan fingerprint density at radius 3 is 2.50 bits per heavy atom. The summed E-state index contributed by atoms with van der Waals surface area (Å²) in [6.45, 7) is -0.0820. The Balaban J connectivity index is 1.47. The van der Waals surface area contributed by atoms with E-state index in [-0.39, 0.29) is 41.1 Å². The summed E-state index contributed by atoms with van der Waals surface area (Å²) in [5.74, 6) is 0.168. The van der Waals surface area contributed by atoms with E-state index in [9.17, 15) is 29.8 Å². The lowest BCUT2D eigenvalue weighted by Crippen LogP contribution is -2.27. The Hall–Kier alpha value is -4.82. The number of imide groups is 1. The van der Waals surface area contributed by atoms with Crippen LogP contribution in [0.25, 0.3) is 6.08 Å². The van der Waals surface area contributed by atoms with Gasteiger partial charge in [-0.05, 0) is 41.6 Å². The summed E-state index contributed by atoms with van der Waals surface area (Å²) in [6.07, 6.45) is 1.39. The van der Waals surface area contributed by atoms with E-state index in [1.165, 1.54) is 19.3 Å². The molecule has 5 rings (SSSR count). The van der Waals surface area contributed by atoms with Crippen LogP contribution in [0, 0.1) is 20.2 Å². The van der Waals surface area contributed by atoms with Crippen LogP contribution >= 0.6 is 23.4 Å². The fourth-order valence-electron chi connectivity index (χ4n) is 3.90. The first-order chi connectivity index (χ1) is 19.2. The van der Waals surface area contributed by atoms with Gasteiger partial charge in [0.1, 0.15) is 0 Å². The van der Waals surface area contributed by atoms with E-state index in [2.05, 4.69) is 0 Å². The number of thioether (sulfide) groups is 1. The molecule has 0 radical (unpaired) electrons. The number of nitro benzene ring substituents is 2. The predicted octanol–water partition coefficient (Wildman–Crippen LogP) is 5.92. The van der Waals surface area contributed by atoms with E-state index in [0.29, 0.717) is 33.8 Å². The van der Waals surface area contributed by atoms with Crippen LogP contribution < -0.4 is 18.9 Å². The topological polar surface area (TPSA) is 161 Å². The summed E-state index contributed by atoms with van der Waals surface area (Å²) in [6, 6.07) is 10.7. The molecule has 2 aliphatic heterocycles. The molecule has 40 heavy (non-hydrogen) atoms. The molecule has 1 saturated heterocycles. The number of rotatable bonds is 8. The predicted molar refractivity (Wildman–Crippen MR) is 142 cm³/mol. The minimum Gasteiger partial charge on any atom is -0.493 e. The van der Waals surface area contributed by atoms with Crippen molar-refractivity contribution in [2.75, 3.05) is 13.9 Å². The molecule has 3 aromatic rings. The molecule has 13 nitrogen and oxygen atoms in total. The number of nitrogens with zero attached hydrogens (tertiary/aromatic N) is 3. The number of amides is 2. The van der Waals surface area contributed by atoms with Crippen molar-refractivity contribution in [3.8, 4) is 28.7 Å². The van der Waals surface area contributed by atoms with Crippen LogP contribution in [0.4, 0.5) is 16.2 Å². The van der Waals surface area contributed by atoms with Gasteiger partial charge >= 0.3 is 5.69 Å². The summed E-state index contributed by atoms with van der Waals surface area (Å²) in [5, 5.41) is 22.4. The molecule has 0 bridgehead atoms. The van der Waals surface area contributed by atoms with Gasteiger partial charge < -0.3 is 18.9 Å². The smallest absolute Gasteiger partial charge is 0.318 e. The molecular formula is C25H16ClN3O10S. The molecule has 0 aliphatic carbocycles. The molecule has 2 amide bonds. The first-order valence-corrected chi connectivity index (χ1v) is 12.5. The van der Waals surface area contributed by atoms with E-state index in [0.717, 1.165) is 23.1 Å². The molecule has 15 heteroatoms. The fourth-order valence-corrected chi connectivity index (χ4v) is 4.95. The molecule has 0 N–H and O–H groups in total. The van der Waals surface area contributed by atoms with Crippen LogP contribution in [0.15, 0.2) is 53.4 Å². The van der Waals surface area contributed by atoms with Crippen molar-refractivity contribution in [3.05, 3.63) is 89.8 Å². The lowest BCUT2D eigenvalue weighted by Gasteiger charge is -2.14. The van der Waals surface area contributed by atoms with Crippen molar-refractivity contribution >= 4 is 52.0 Å². The average molecular weight is 586 g/mol. The number of para-hydroxylation sites is 1. The van der Waals surface area contributed by atoms with Crippen molar-refractivity contribution in [2.45, 2.75) is 6.54 Å². The lowest BCUT2D eigenvalue weighted by atomic mass is 10.1. The number of nitro groups is 2. The van der Waals surface area contributed by atoms with Crippen molar-refractivity contribution in [1.29, 1.82) is 0 Å². The van der Waals surface area contributed by atoms with Gasteiger partial charge in [0.05, 0.1) is 34.5 Å². The maximum absolute atomic E-state index is 13.2. The third-order valence-electron chi connectivity index (χ3n) is 5.82. The van der Waals surface area contributed by atoms with Crippen LogP contribution in [0.3, 0.4) is 0 Å². The van der Waals surface area contributed by atoms with E-state index < -0.39 is 32.4 Å². The Morgan fingerprint density at radius 2 is 1.80 bits per heavy atom. The lowest BCUT2D eigenvalue weighted by molar-refractivity contribution is -0.394. The zero-order chi connectivity index (χ0) is 28.6. The SMILES string of the molecule is COc1cccc(/C=C2/SC(=O)N(Cc3cc4c(cc3Cl)OCO4)C2=O)c1Oc1ccc([N+](=O)[O-])cc1[N+](=O)[O-]. The molecule has 0 saturated carbocycles. The largest absolute Gasteiger partial charge is 0.493 e. The number of carbonyl (C=O) groups is 2. The Morgan fingerprint density at radius 1 is 1.05 bits per heavy atom. The first kappa shape index (κ1) is 26.8. The number of hydrogen-bond acceptors (Lipinski definition) is 11. The highest BCUT2D eigenvalue weighted by Crippen LogP contribution is 2.43. The van der Waals surface area contributed by atoms with Crippen molar-refractivity contribution in [3.63, 3.8) is 0 Å². The molecule has 0 aromatic heterocycles. The number of hydrogen-bond donors (Lipinski definition) is 0. The number of ether oxygens (including phenoxy) is 4. The maximum atomic E-state index is 13.2. The van der Waals surface area contributed by atoms with Gasteiger partial charge in [0.15, 0.2) is 23.0 Å². The molecule has 2 aliphatic rings. The number of non-ortho nitro benzene ring substituents is 1.